The third kappa shape index (κ3) is 2.13. The second kappa shape index (κ2) is 4.17. The number of carboxylic acid groups (broad SMARTS) is 1. The molecule has 0 spiro atoms. The maximum Gasteiger partial charge on any atom is 0.307 e. The van der Waals surface area contributed by atoms with Crippen molar-refractivity contribution in [3.63, 3.8) is 0 Å². The number of carboxylic acids is 1. The molecule has 17 heavy (non-hydrogen) atoms. The number of hydrogen-bond acceptors (Lipinski definition) is 2. The van der Waals surface area contributed by atoms with Crippen LogP contribution in [0, 0.1) is 20.8 Å². The summed E-state index contributed by atoms with van der Waals surface area (Å²) in [5.74, 6) is -0.810. The van der Waals surface area contributed by atoms with E-state index in [9.17, 15) is 4.79 Å². The summed E-state index contributed by atoms with van der Waals surface area (Å²) in [6, 6.07) is 5.83. The van der Waals surface area contributed by atoms with E-state index in [4.69, 9.17) is 5.11 Å². The van der Waals surface area contributed by atoms with E-state index in [0.29, 0.717) is 0 Å². The molecule has 0 amide bonds. The molecule has 0 unspecified atom stereocenters. The molecule has 0 atom stereocenters. The van der Waals surface area contributed by atoms with Gasteiger partial charge in [0.25, 0.3) is 0 Å². The molecule has 0 aliphatic rings. The fourth-order valence-corrected chi connectivity index (χ4v) is 2.05. The molecule has 0 radical (unpaired) electrons. The van der Waals surface area contributed by atoms with Gasteiger partial charge >= 0.3 is 5.97 Å². The van der Waals surface area contributed by atoms with Gasteiger partial charge in [-0.15, -0.1) is 0 Å². The minimum absolute atomic E-state index is 0.0440. The van der Waals surface area contributed by atoms with Gasteiger partial charge in [-0.05, 0) is 43.5 Å². The lowest BCUT2D eigenvalue weighted by atomic mass is 9.99. The molecule has 2 aromatic rings. The molecule has 3 nitrogen and oxygen atoms in total. The molecule has 3 heteroatoms. The number of carbonyl (C=O) groups is 1. The number of aromatic nitrogens is 1. The summed E-state index contributed by atoms with van der Waals surface area (Å²) in [5.41, 5.74) is 4.92. The monoisotopic (exact) mass is 229 g/mol. The molecule has 0 aliphatic carbocycles. The molecule has 0 aliphatic heterocycles. The predicted octanol–water partition coefficient (Wildman–Crippen LogP) is 2.79. The van der Waals surface area contributed by atoms with Crippen LogP contribution in [0.25, 0.3) is 10.9 Å². The first-order valence-corrected chi connectivity index (χ1v) is 5.57. The number of aliphatic carboxylic acids is 1. The van der Waals surface area contributed by atoms with Crippen molar-refractivity contribution in [2.24, 2.45) is 0 Å². The first-order chi connectivity index (χ1) is 7.99. The second-order valence-corrected chi connectivity index (χ2v) is 4.40. The Bertz CT molecular complexity index is 603. The van der Waals surface area contributed by atoms with Crippen molar-refractivity contribution in [3.05, 3.63) is 40.6 Å². The standard InChI is InChI=1S/C14H15NO2/c1-8-4-5-12-11(7-13(16)17)6-9(2)15-14(12)10(8)3/h4-6H,7H2,1-3H3,(H,16,17). The summed E-state index contributed by atoms with van der Waals surface area (Å²) in [5, 5.41) is 9.87. The van der Waals surface area contributed by atoms with Gasteiger partial charge in [-0.1, -0.05) is 12.1 Å². The summed E-state index contributed by atoms with van der Waals surface area (Å²) in [6.45, 7) is 5.96. The topological polar surface area (TPSA) is 50.2 Å². The molecular formula is C14H15NO2. The van der Waals surface area contributed by atoms with Crippen LogP contribution in [-0.2, 0) is 11.2 Å². The maximum atomic E-state index is 10.9. The summed E-state index contributed by atoms with van der Waals surface area (Å²) >= 11 is 0. The van der Waals surface area contributed by atoms with Gasteiger partial charge in [-0.3, -0.25) is 9.78 Å². The maximum absolute atomic E-state index is 10.9. The molecular weight excluding hydrogens is 214 g/mol. The van der Waals surface area contributed by atoms with Crippen molar-refractivity contribution in [1.82, 2.24) is 4.98 Å². The smallest absolute Gasteiger partial charge is 0.307 e. The molecule has 1 aromatic heterocycles. The highest BCUT2D eigenvalue weighted by Gasteiger charge is 2.10. The zero-order chi connectivity index (χ0) is 12.6. The summed E-state index contributed by atoms with van der Waals surface area (Å²) in [4.78, 5) is 15.4. The van der Waals surface area contributed by atoms with Crippen LogP contribution in [0.2, 0.25) is 0 Å². The van der Waals surface area contributed by atoms with E-state index in [0.717, 1.165) is 27.7 Å². The van der Waals surface area contributed by atoms with Crippen LogP contribution >= 0.6 is 0 Å². The van der Waals surface area contributed by atoms with E-state index in [-0.39, 0.29) is 6.42 Å². The number of rotatable bonds is 2. The van der Waals surface area contributed by atoms with Crippen molar-refractivity contribution >= 4 is 16.9 Å². The molecule has 1 heterocycles. The van der Waals surface area contributed by atoms with Crippen molar-refractivity contribution in [3.8, 4) is 0 Å². The highest BCUT2D eigenvalue weighted by molar-refractivity contribution is 5.88. The van der Waals surface area contributed by atoms with Crippen LogP contribution in [0.4, 0.5) is 0 Å². The van der Waals surface area contributed by atoms with Crippen LogP contribution in [0.3, 0.4) is 0 Å². The van der Waals surface area contributed by atoms with Gasteiger partial charge in [0.2, 0.25) is 0 Å². The molecule has 1 N–H and O–H groups in total. The van der Waals surface area contributed by atoms with Crippen molar-refractivity contribution < 1.29 is 9.90 Å². The van der Waals surface area contributed by atoms with E-state index in [2.05, 4.69) is 4.98 Å². The Balaban J connectivity index is 2.76. The number of aryl methyl sites for hydroxylation is 3. The average molecular weight is 229 g/mol. The molecule has 0 saturated heterocycles. The summed E-state index contributed by atoms with van der Waals surface area (Å²) in [6.07, 6.45) is 0.0440. The van der Waals surface area contributed by atoms with Crippen molar-refractivity contribution in [2.45, 2.75) is 27.2 Å². The number of hydrogen-bond donors (Lipinski definition) is 1. The Hall–Kier alpha value is -1.90. The normalized spacial score (nSPS) is 10.8. The zero-order valence-electron chi connectivity index (χ0n) is 10.2. The molecule has 0 fully saturated rings. The van der Waals surface area contributed by atoms with E-state index < -0.39 is 5.97 Å². The lowest BCUT2D eigenvalue weighted by Crippen LogP contribution is -2.03. The van der Waals surface area contributed by atoms with Crippen LogP contribution in [0.5, 0.6) is 0 Å². The van der Waals surface area contributed by atoms with E-state index in [1.54, 1.807) is 0 Å². The third-order valence-corrected chi connectivity index (χ3v) is 3.06. The predicted molar refractivity (Wildman–Crippen MR) is 67.3 cm³/mol. The zero-order valence-corrected chi connectivity index (χ0v) is 10.2. The molecule has 0 bridgehead atoms. The lowest BCUT2D eigenvalue weighted by Gasteiger charge is -2.10. The van der Waals surface area contributed by atoms with Gasteiger partial charge in [0.05, 0.1) is 11.9 Å². The van der Waals surface area contributed by atoms with Crippen molar-refractivity contribution in [2.75, 3.05) is 0 Å². The Morgan fingerprint density at radius 1 is 1.29 bits per heavy atom. The van der Waals surface area contributed by atoms with Gasteiger partial charge in [0, 0.05) is 11.1 Å². The van der Waals surface area contributed by atoms with Crippen LogP contribution < -0.4 is 0 Å². The van der Waals surface area contributed by atoms with Gasteiger partial charge in [0.1, 0.15) is 0 Å². The third-order valence-electron chi connectivity index (χ3n) is 3.06. The fraction of sp³-hybridized carbons (Fsp3) is 0.286. The van der Waals surface area contributed by atoms with Gasteiger partial charge in [-0.25, -0.2) is 0 Å². The van der Waals surface area contributed by atoms with Crippen LogP contribution in [0.15, 0.2) is 18.2 Å². The Kier molecular flexibility index (Phi) is 2.84. The lowest BCUT2D eigenvalue weighted by molar-refractivity contribution is -0.136. The first kappa shape index (κ1) is 11.6. The SMILES string of the molecule is Cc1cc(CC(=O)O)c2ccc(C)c(C)c2n1. The van der Waals surface area contributed by atoms with Gasteiger partial charge in [-0.2, -0.15) is 0 Å². The molecule has 1 aromatic carbocycles. The Morgan fingerprint density at radius 2 is 2.00 bits per heavy atom. The first-order valence-electron chi connectivity index (χ1n) is 5.57. The number of benzene rings is 1. The quantitative estimate of drug-likeness (QED) is 0.861. The van der Waals surface area contributed by atoms with Gasteiger partial charge < -0.3 is 5.11 Å². The van der Waals surface area contributed by atoms with Gasteiger partial charge in [0.15, 0.2) is 0 Å². The highest BCUT2D eigenvalue weighted by atomic mass is 16.4. The number of pyridine rings is 1. The Labute approximate surface area is 100 Å². The van der Waals surface area contributed by atoms with E-state index in [1.807, 2.05) is 39.0 Å². The number of fused-ring (bicyclic) bond motifs is 1. The fourth-order valence-electron chi connectivity index (χ4n) is 2.05. The average Bonchev–Trinajstić information content (AvgIpc) is 2.23. The minimum atomic E-state index is -0.810. The summed E-state index contributed by atoms with van der Waals surface area (Å²) in [7, 11) is 0. The van der Waals surface area contributed by atoms with Crippen molar-refractivity contribution in [1.29, 1.82) is 0 Å². The van der Waals surface area contributed by atoms with Crippen LogP contribution in [0.1, 0.15) is 22.4 Å². The largest absolute Gasteiger partial charge is 0.481 e. The minimum Gasteiger partial charge on any atom is -0.481 e. The molecule has 0 saturated carbocycles. The Morgan fingerprint density at radius 3 is 2.65 bits per heavy atom. The molecule has 88 valence electrons. The number of nitrogens with zero attached hydrogens (tertiary/aromatic N) is 1. The van der Waals surface area contributed by atoms with Crippen LogP contribution in [-0.4, -0.2) is 16.1 Å². The summed E-state index contributed by atoms with van der Waals surface area (Å²) < 4.78 is 0. The second-order valence-electron chi connectivity index (χ2n) is 4.40. The van der Waals surface area contributed by atoms with E-state index in [1.165, 1.54) is 5.56 Å². The molecule has 2 rings (SSSR count). The highest BCUT2D eigenvalue weighted by Crippen LogP contribution is 2.24. The van der Waals surface area contributed by atoms with E-state index >= 15 is 0 Å².